The molecule has 59 heavy (non-hydrogen) atoms. The van der Waals surface area contributed by atoms with Crippen molar-refractivity contribution in [1.29, 1.82) is 0 Å². The van der Waals surface area contributed by atoms with Crippen LogP contribution in [-0.4, -0.2) is 148 Å². The van der Waals surface area contributed by atoms with Crippen LogP contribution < -0.4 is 0 Å². The molecule has 0 aliphatic heterocycles. The van der Waals surface area contributed by atoms with Gasteiger partial charge in [0.25, 0.3) is 11.6 Å². The Hall–Kier alpha value is -5.01. The molecule has 6 aromatic rings. The summed E-state index contributed by atoms with van der Waals surface area (Å²) in [6, 6.07) is 11.2. The Balaban J connectivity index is 0.000000789. The van der Waals surface area contributed by atoms with Crippen LogP contribution in [-0.2, 0) is 57.8 Å². The second-order valence-electron chi connectivity index (χ2n) is 9.92. The number of aliphatic hydroxyl groups excluding tert-OH is 2. The van der Waals surface area contributed by atoms with E-state index in [1.165, 1.54) is 0 Å². The molecule has 0 saturated heterocycles. The van der Waals surface area contributed by atoms with Crippen LogP contribution in [0, 0.1) is 0 Å². The zero-order chi connectivity index (χ0) is 44.3. The Morgan fingerprint density at radius 3 is 0.712 bits per heavy atom. The Morgan fingerprint density at radius 2 is 0.627 bits per heavy atom. The Bertz CT molecular complexity index is 1820. The van der Waals surface area contributed by atoms with Gasteiger partial charge in [0.1, 0.15) is 13.2 Å². The van der Waals surface area contributed by atoms with Gasteiger partial charge in [0.15, 0.2) is 20.2 Å². The number of aromatic nitrogens is 12. The SMILES string of the molecule is CO.CO.COCC(n1cccn1)(n1cccn1)n1cccn1.COCC(n1cccn1)(n1cccn1)n1cccn1.O=S(=O)([O-])C(F)(F)F.O=S(=O)([O-])C(F)(F)F.[Ni+2]. The summed E-state index contributed by atoms with van der Waals surface area (Å²) in [6.07, 6.45) is 21.5. The zero-order valence-corrected chi connectivity index (χ0v) is 33.4. The number of methoxy groups -OCH3 is 2. The number of nitrogens with zero attached hydrogens (tertiary/aromatic N) is 12. The van der Waals surface area contributed by atoms with Crippen molar-refractivity contribution in [2.45, 2.75) is 22.6 Å². The fourth-order valence-corrected chi connectivity index (χ4v) is 4.30. The first-order chi connectivity index (χ1) is 27.3. The van der Waals surface area contributed by atoms with Gasteiger partial charge in [-0.2, -0.15) is 56.9 Å². The van der Waals surface area contributed by atoms with Crippen molar-refractivity contribution in [2.24, 2.45) is 0 Å². The Kier molecular flexibility index (Phi) is 22.1. The maximum Gasteiger partial charge on any atom is 2.00 e. The molecule has 0 amide bonds. The molecule has 332 valence electrons. The Morgan fingerprint density at radius 1 is 0.475 bits per heavy atom. The van der Waals surface area contributed by atoms with Crippen LogP contribution in [0.4, 0.5) is 26.3 Å². The van der Waals surface area contributed by atoms with Crippen LogP contribution in [0.2, 0.25) is 0 Å². The standard InChI is InChI=1S/2C12H14N6O.2CHF3O3S.2CH4O.Ni/c2*1-19-11-12(16-8-2-5-13-16,17-9-3-6-14-17)18-10-4-7-15-18;2*2-1(3,4)8(5,6)7;2*1-2;/h2*2-10H,11H2,1H3;2*(H,5,6,7);2*2H,1H3;/q;;;;;;+2/p-2. The van der Waals surface area contributed by atoms with Crippen molar-refractivity contribution in [3.8, 4) is 0 Å². The smallest absolute Gasteiger partial charge is 0.741 e. The maximum atomic E-state index is 10.7. The first-order valence-corrected chi connectivity index (χ1v) is 18.0. The van der Waals surface area contributed by atoms with Gasteiger partial charge in [0.2, 0.25) is 0 Å². The number of alkyl halides is 6. The summed E-state index contributed by atoms with van der Waals surface area (Å²) < 4.78 is 139. The van der Waals surface area contributed by atoms with E-state index in [-0.39, 0.29) is 16.5 Å². The molecule has 6 heterocycles. The summed E-state index contributed by atoms with van der Waals surface area (Å²) >= 11 is 0. The van der Waals surface area contributed by atoms with Gasteiger partial charge in [0.05, 0.1) is 0 Å². The van der Waals surface area contributed by atoms with Gasteiger partial charge in [-0.1, -0.05) is 0 Å². The van der Waals surface area contributed by atoms with Crippen molar-refractivity contribution in [2.75, 3.05) is 41.7 Å². The fraction of sp³-hybridized carbons (Fsp3) is 0.357. The molecule has 2 N–H and O–H groups in total. The van der Waals surface area contributed by atoms with Crippen LogP contribution in [0.15, 0.2) is 111 Å². The van der Waals surface area contributed by atoms with Gasteiger partial charge in [0, 0.05) is 103 Å². The van der Waals surface area contributed by atoms with E-state index in [1.54, 1.807) is 79.5 Å². The molecule has 0 aliphatic rings. The largest absolute Gasteiger partial charge is 2.00 e. The van der Waals surface area contributed by atoms with E-state index >= 15 is 0 Å². The summed E-state index contributed by atoms with van der Waals surface area (Å²) in [5, 5.41) is 40.0. The first-order valence-electron chi connectivity index (χ1n) is 15.2. The minimum absolute atomic E-state index is 0. The normalized spacial score (nSPS) is 11.6. The average molecular weight is 937 g/mol. The number of ether oxygens (including phenoxy) is 2. The molecule has 0 fully saturated rings. The Labute approximate surface area is 341 Å². The molecule has 0 atom stereocenters. The summed E-state index contributed by atoms with van der Waals surface area (Å²) in [5.74, 6) is -1.57. The van der Waals surface area contributed by atoms with Crippen LogP contribution in [0.3, 0.4) is 0 Å². The molecule has 6 aromatic heterocycles. The molecule has 22 nitrogen and oxygen atoms in total. The van der Waals surface area contributed by atoms with Crippen LogP contribution in [0.5, 0.6) is 0 Å². The van der Waals surface area contributed by atoms with Gasteiger partial charge in [-0.05, 0) is 36.4 Å². The van der Waals surface area contributed by atoms with Crippen LogP contribution in [0.1, 0.15) is 0 Å². The van der Waals surface area contributed by atoms with E-state index in [0.717, 1.165) is 14.2 Å². The molecule has 31 heteroatoms. The van der Waals surface area contributed by atoms with Crippen molar-refractivity contribution in [3.05, 3.63) is 111 Å². The number of hydrogen-bond donors (Lipinski definition) is 2. The monoisotopic (exact) mass is 936 g/mol. The predicted molar refractivity (Wildman–Crippen MR) is 182 cm³/mol. The third-order valence-electron chi connectivity index (χ3n) is 6.47. The van der Waals surface area contributed by atoms with E-state index in [4.69, 9.17) is 45.6 Å². The molecule has 0 unspecified atom stereocenters. The summed E-state index contributed by atoms with van der Waals surface area (Å²) in [4.78, 5) is 0. The fourth-order valence-electron chi connectivity index (χ4n) is 4.30. The quantitative estimate of drug-likeness (QED) is 0.0822. The van der Waals surface area contributed by atoms with Crippen molar-refractivity contribution >= 4 is 20.2 Å². The van der Waals surface area contributed by atoms with E-state index in [2.05, 4.69) is 30.6 Å². The molecular formula is C28H36F6N12NiO10S2. The predicted octanol–water partition coefficient (Wildman–Crippen LogP) is 0.576. The average Bonchev–Trinajstić information content (AvgIpc) is 4.03. The van der Waals surface area contributed by atoms with Crippen LogP contribution >= 0.6 is 0 Å². The van der Waals surface area contributed by atoms with E-state index in [9.17, 15) is 26.3 Å². The van der Waals surface area contributed by atoms with Gasteiger partial charge < -0.3 is 28.8 Å². The van der Waals surface area contributed by atoms with E-state index in [0.29, 0.717) is 13.2 Å². The minimum atomic E-state index is -6.09. The number of rotatable bonds is 10. The molecule has 0 spiro atoms. The van der Waals surface area contributed by atoms with Crippen LogP contribution in [0.25, 0.3) is 0 Å². The van der Waals surface area contributed by atoms with Gasteiger partial charge in [-0.25, -0.2) is 44.9 Å². The third-order valence-corrected chi connectivity index (χ3v) is 7.60. The molecule has 0 aliphatic carbocycles. The van der Waals surface area contributed by atoms with E-state index in [1.807, 2.05) is 73.6 Å². The second kappa shape index (κ2) is 24.2. The third kappa shape index (κ3) is 14.1. The second-order valence-corrected chi connectivity index (χ2v) is 12.7. The summed E-state index contributed by atoms with van der Waals surface area (Å²) in [6.45, 7) is 0.691. The molecule has 6 rings (SSSR count). The van der Waals surface area contributed by atoms with Crippen molar-refractivity contribution in [3.63, 3.8) is 0 Å². The maximum absolute atomic E-state index is 10.7. The number of aliphatic hydroxyl groups is 2. The van der Waals surface area contributed by atoms with Gasteiger partial charge in [-0.3, -0.25) is 0 Å². The summed E-state index contributed by atoms with van der Waals surface area (Å²) in [7, 11) is -6.89. The first kappa shape index (κ1) is 54.0. The van der Waals surface area contributed by atoms with E-state index < -0.39 is 42.8 Å². The number of hydrogen-bond acceptors (Lipinski definition) is 16. The van der Waals surface area contributed by atoms with Gasteiger partial charge >= 0.3 is 27.5 Å². The molecular weight excluding hydrogens is 901 g/mol. The molecule has 0 bridgehead atoms. The zero-order valence-electron chi connectivity index (χ0n) is 30.7. The minimum Gasteiger partial charge on any atom is -0.741 e. The van der Waals surface area contributed by atoms with Crippen molar-refractivity contribution in [1.82, 2.24) is 58.7 Å². The molecule has 0 saturated carbocycles. The van der Waals surface area contributed by atoms with Gasteiger partial charge in [-0.15, -0.1) is 0 Å². The number of halogens is 6. The topological polar surface area (TPSA) is 280 Å². The summed E-state index contributed by atoms with van der Waals surface area (Å²) in [5.41, 5.74) is -11.3. The molecule has 0 aromatic carbocycles. The molecule has 0 radical (unpaired) electrons. The van der Waals surface area contributed by atoms with Crippen molar-refractivity contribution < 1.29 is 88.5 Å².